The standard InChI is InChI=1S/C36H34N4O8/c1-18-9-11-21(12-10-18)38-40-32(43)25-17-24-22(13-14-23-28(24)33(44)39(31(23)42)35(37)46)29(19-15-26(47-2)30(41)27(16-19)48-3)36(25,34(40)45)20-7-5-4-6-8-20/h4-13,15-16,23-25,28-29,38,41H,14,17H2,1-3H3,(H2,37,46)/t23-,24+,25-,28-,29-,36+/m0/s1. The number of nitrogens with one attached hydrogen (secondary N) is 1. The van der Waals surface area contributed by atoms with E-state index in [0.29, 0.717) is 27.3 Å². The maximum absolute atomic E-state index is 15.2. The Balaban J connectivity index is 1.49. The minimum atomic E-state index is -1.53. The summed E-state index contributed by atoms with van der Waals surface area (Å²) in [6, 6.07) is 18.3. The van der Waals surface area contributed by atoms with Gasteiger partial charge in [0.2, 0.25) is 17.6 Å². The molecule has 6 atom stereocenters. The molecule has 0 aromatic heterocycles. The van der Waals surface area contributed by atoms with Gasteiger partial charge in [0, 0.05) is 5.92 Å². The Morgan fingerprint density at radius 2 is 1.56 bits per heavy atom. The number of nitrogens with zero attached hydrogens (tertiary/aromatic N) is 2. The maximum Gasteiger partial charge on any atom is 0.328 e. The van der Waals surface area contributed by atoms with Crippen molar-refractivity contribution in [1.82, 2.24) is 9.91 Å². The highest BCUT2D eigenvalue weighted by atomic mass is 16.5. The first-order valence-electron chi connectivity index (χ1n) is 15.6. The quantitative estimate of drug-likeness (QED) is 0.266. The summed E-state index contributed by atoms with van der Waals surface area (Å²) in [6.45, 7) is 1.93. The maximum atomic E-state index is 15.2. The number of fused-ring (bicyclic) bond motifs is 4. The van der Waals surface area contributed by atoms with Crippen molar-refractivity contribution in [2.45, 2.75) is 31.1 Å². The van der Waals surface area contributed by atoms with Crippen LogP contribution in [-0.4, -0.2) is 58.9 Å². The number of hydrogen-bond acceptors (Lipinski definition) is 9. The van der Waals surface area contributed by atoms with Crippen molar-refractivity contribution >= 4 is 35.3 Å². The van der Waals surface area contributed by atoms with Gasteiger partial charge in [-0.2, -0.15) is 9.91 Å². The molecule has 12 nitrogen and oxygen atoms in total. The highest BCUT2D eigenvalue weighted by Crippen LogP contribution is 2.64. The lowest BCUT2D eigenvalue weighted by Crippen LogP contribution is -2.53. The van der Waals surface area contributed by atoms with Gasteiger partial charge in [-0.05, 0) is 61.1 Å². The topological polar surface area (TPSA) is 169 Å². The third-order valence-electron chi connectivity index (χ3n) is 10.4. The number of imide groups is 4. The van der Waals surface area contributed by atoms with Crippen molar-refractivity contribution in [3.63, 3.8) is 0 Å². The number of carbonyl (C=O) groups excluding carboxylic acids is 5. The molecule has 0 spiro atoms. The lowest BCUT2D eigenvalue weighted by Gasteiger charge is -2.50. The number of aryl methyl sites for hydroxylation is 1. The van der Waals surface area contributed by atoms with Gasteiger partial charge in [-0.3, -0.25) is 24.6 Å². The summed E-state index contributed by atoms with van der Waals surface area (Å²) in [4.78, 5) is 69.7. The summed E-state index contributed by atoms with van der Waals surface area (Å²) in [5.41, 5.74) is 10.2. The molecule has 3 fully saturated rings. The smallest absolute Gasteiger partial charge is 0.328 e. The van der Waals surface area contributed by atoms with Crippen molar-refractivity contribution in [1.29, 1.82) is 0 Å². The van der Waals surface area contributed by atoms with E-state index in [4.69, 9.17) is 15.2 Å². The van der Waals surface area contributed by atoms with Gasteiger partial charge in [0.1, 0.15) is 0 Å². The zero-order valence-corrected chi connectivity index (χ0v) is 26.5. The van der Waals surface area contributed by atoms with Gasteiger partial charge < -0.3 is 20.3 Å². The summed E-state index contributed by atoms with van der Waals surface area (Å²) in [5.74, 6) is -6.88. The Bertz CT molecular complexity index is 1880. The van der Waals surface area contributed by atoms with Crippen LogP contribution in [0.2, 0.25) is 0 Å². The van der Waals surface area contributed by atoms with E-state index in [1.807, 2.05) is 31.2 Å². The Labute approximate surface area is 276 Å². The van der Waals surface area contributed by atoms with E-state index in [-0.39, 0.29) is 30.1 Å². The summed E-state index contributed by atoms with van der Waals surface area (Å²) in [6.07, 6.45) is 2.02. The highest BCUT2D eigenvalue weighted by Gasteiger charge is 2.70. The number of anilines is 1. The third kappa shape index (κ3) is 4.24. The fraction of sp³-hybridized carbons (Fsp3) is 0.306. The van der Waals surface area contributed by atoms with Crippen molar-refractivity contribution in [3.8, 4) is 17.2 Å². The number of urea groups is 1. The van der Waals surface area contributed by atoms with E-state index in [1.54, 1.807) is 48.5 Å². The number of phenols is 1. The van der Waals surface area contributed by atoms with Crippen molar-refractivity contribution in [3.05, 3.63) is 95.1 Å². The molecule has 2 aliphatic heterocycles. The fourth-order valence-corrected chi connectivity index (χ4v) is 8.42. The van der Waals surface area contributed by atoms with Crippen LogP contribution in [0.3, 0.4) is 0 Å². The molecular formula is C36H34N4O8. The molecule has 246 valence electrons. The molecule has 3 aromatic carbocycles. The summed E-state index contributed by atoms with van der Waals surface area (Å²) >= 11 is 0. The zero-order chi connectivity index (χ0) is 34.1. The Kier molecular flexibility index (Phi) is 7.26. The normalized spacial score (nSPS) is 27.6. The zero-order valence-electron chi connectivity index (χ0n) is 26.5. The first-order chi connectivity index (χ1) is 23.0. The first-order valence-corrected chi connectivity index (χ1v) is 15.6. The van der Waals surface area contributed by atoms with E-state index in [0.717, 1.165) is 10.6 Å². The van der Waals surface area contributed by atoms with Crippen LogP contribution in [0.1, 0.15) is 35.4 Å². The second kappa shape index (κ2) is 11.3. The fourth-order valence-electron chi connectivity index (χ4n) is 8.42. The van der Waals surface area contributed by atoms with Gasteiger partial charge in [0.15, 0.2) is 11.5 Å². The molecule has 2 heterocycles. The second-order valence-electron chi connectivity index (χ2n) is 12.7. The molecule has 4 aliphatic rings. The SMILES string of the molecule is COc1cc([C@H]2C3=CC[C@@H]4C(=O)N(C(N)=O)C(=O)[C@@H]4[C@@H]3C[C@H]3C(=O)N(Nc4ccc(C)cc4)C(=O)[C@@]23c2ccccc2)cc(OC)c1O. The number of likely N-dealkylation sites (tertiary alicyclic amines) is 1. The predicted octanol–water partition coefficient (Wildman–Crippen LogP) is 3.78. The molecule has 7 rings (SSSR count). The number of carbonyl (C=O) groups is 5. The number of ether oxygens (including phenoxy) is 2. The van der Waals surface area contributed by atoms with Crippen LogP contribution < -0.4 is 20.6 Å². The van der Waals surface area contributed by atoms with Crippen LogP contribution in [-0.2, 0) is 24.6 Å². The number of hydrogen-bond donors (Lipinski definition) is 3. The Hall–Kier alpha value is -5.65. The summed E-state index contributed by atoms with van der Waals surface area (Å²) in [5, 5.41) is 11.9. The van der Waals surface area contributed by atoms with Crippen LogP contribution in [0.25, 0.3) is 0 Å². The number of hydrazine groups is 1. The van der Waals surface area contributed by atoms with E-state index in [2.05, 4.69) is 5.43 Å². The largest absolute Gasteiger partial charge is 0.502 e. The second-order valence-corrected chi connectivity index (χ2v) is 12.7. The highest BCUT2D eigenvalue weighted by molar-refractivity contribution is 6.17. The Morgan fingerprint density at radius 1 is 0.917 bits per heavy atom. The summed E-state index contributed by atoms with van der Waals surface area (Å²) in [7, 11) is 2.78. The number of amides is 6. The van der Waals surface area contributed by atoms with Crippen LogP contribution >= 0.6 is 0 Å². The number of rotatable bonds is 6. The molecule has 0 unspecified atom stereocenters. The van der Waals surface area contributed by atoms with Gasteiger partial charge in [-0.1, -0.05) is 59.7 Å². The van der Waals surface area contributed by atoms with E-state index < -0.39 is 64.7 Å². The van der Waals surface area contributed by atoms with E-state index in [1.165, 1.54) is 14.2 Å². The van der Waals surface area contributed by atoms with Crippen molar-refractivity contribution in [2.24, 2.45) is 29.4 Å². The van der Waals surface area contributed by atoms with Crippen molar-refractivity contribution < 1.29 is 38.6 Å². The molecule has 4 N–H and O–H groups in total. The average molecular weight is 651 g/mol. The van der Waals surface area contributed by atoms with Gasteiger partial charge in [-0.25, -0.2) is 4.79 Å². The number of nitrogens with two attached hydrogens (primary N) is 1. The van der Waals surface area contributed by atoms with Crippen LogP contribution in [0.4, 0.5) is 10.5 Å². The minimum absolute atomic E-state index is 0.0486. The third-order valence-corrected chi connectivity index (χ3v) is 10.4. The molecular weight excluding hydrogens is 616 g/mol. The minimum Gasteiger partial charge on any atom is -0.502 e. The number of aromatic hydroxyl groups is 1. The molecule has 2 aliphatic carbocycles. The molecule has 2 saturated heterocycles. The predicted molar refractivity (Wildman–Crippen MR) is 171 cm³/mol. The molecule has 3 aromatic rings. The molecule has 48 heavy (non-hydrogen) atoms. The number of phenolic OH excluding ortho intramolecular Hbond substituents is 1. The monoisotopic (exact) mass is 650 g/mol. The van der Waals surface area contributed by atoms with E-state index in [9.17, 15) is 24.3 Å². The van der Waals surface area contributed by atoms with Gasteiger partial charge in [0.25, 0.3) is 11.8 Å². The molecule has 12 heteroatoms. The average Bonchev–Trinajstić information content (AvgIpc) is 3.47. The lowest BCUT2D eigenvalue weighted by atomic mass is 9.49. The van der Waals surface area contributed by atoms with Crippen LogP contribution in [0.15, 0.2) is 78.4 Å². The molecule has 0 radical (unpaired) electrons. The summed E-state index contributed by atoms with van der Waals surface area (Å²) < 4.78 is 11.0. The van der Waals surface area contributed by atoms with Gasteiger partial charge in [-0.15, -0.1) is 0 Å². The first kappa shape index (κ1) is 31.0. The van der Waals surface area contributed by atoms with Gasteiger partial charge in [0.05, 0.1) is 43.1 Å². The number of primary amides is 1. The van der Waals surface area contributed by atoms with Gasteiger partial charge >= 0.3 is 6.03 Å². The number of allylic oxidation sites excluding steroid dienone is 2. The van der Waals surface area contributed by atoms with E-state index >= 15 is 4.79 Å². The number of benzene rings is 3. The molecule has 0 bridgehead atoms. The molecule has 6 amide bonds. The molecule has 1 saturated carbocycles. The number of methoxy groups -OCH3 is 2. The van der Waals surface area contributed by atoms with Crippen molar-refractivity contribution in [2.75, 3.05) is 19.6 Å². The lowest BCUT2D eigenvalue weighted by molar-refractivity contribution is -0.139. The Morgan fingerprint density at radius 3 is 2.17 bits per heavy atom. The van der Waals surface area contributed by atoms with Crippen LogP contribution in [0, 0.1) is 30.6 Å². The van der Waals surface area contributed by atoms with Crippen LogP contribution in [0.5, 0.6) is 17.2 Å².